The number of piperazine rings is 1. The summed E-state index contributed by atoms with van der Waals surface area (Å²) in [6.45, 7) is 4.18. The van der Waals surface area contributed by atoms with E-state index in [1.165, 1.54) is 22.8 Å². The van der Waals surface area contributed by atoms with E-state index in [1.807, 2.05) is 24.7 Å². The van der Waals surface area contributed by atoms with E-state index in [0.29, 0.717) is 12.1 Å². The van der Waals surface area contributed by atoms with Crippen molar-refractivity contribution in [2.24, 2.45) is 0 Å². The summed E-state index contributed by atoms with van der Waals surface area (Å²) in [5.41, 5.74) is 4.11. The van der Waals surface area contributed by atoms with Crippen LogP contribution in [-0.2, 0) is 0 Å². The Morgan fingerprint density at radius 3 is 2.83 bits per heavy atom. The van der Waals surface area contributed by atoms with Crippen molar-refractivity contribution in [1.29, 1.82) is 0 Å². The third-order valence-electron chi connectivity index (χ3n) is 7.39. The van der Waals surface area contributed by atoms with Crippen LogP contribution in [0.4, 0.5) is 11.8 Å². The predicted molar refractivity (Wildman–Crippen MR) is 140 cm³/mol. The molecule has 35 heavy (non-hydrogen) atoms. The van der Waals surface area contributed by atoms with Crippen molar-refractivity contribution in [2.75, 3.05) is 23.3 Å². The summed E-state index contributed by atoms with van der Waals surface area (Å²) >= 11 is 0. The van der Waals surface area contributed by atoms with E-state index >= 15 is 0 Å². The van der Waals surface area contributed by atoms with Gasteiger partial charge >= 0.3 is 0 Å². The van der Waals surface area contributed by atoms with Crippen molar-refractivity contribution in [3.63, 3.8) is 0 Å². The van der Waals surface area contributed by atoms with E-state index in [-0.39, 0.29) is 6.04 Å². The van der Waals surface area contributed by atoms with E-state index in [0.717, 1.165) is 41.8 Å². The number of aromatic nitrogens is 4. The summed E-state index contributed by atoms with van der Waals surface area (Å²) in [6, 6.07) is 22.3. The van der Waals surface area contributed by atoms with E-state index < -0.39 is 0 Å². The van der Waals surface area contributed by atoms with Crippen LogP contribution in [0.2, 0.25) is 0 Å². The minimum Gasteiger partial charge on any atom is -0.364 e. The first-order valence-corrected chi connectivity index (χ1v) is 12.3. The Kier molecular flexibility index (Phi) is 4.70. The summed E-state index contributed by atoms with van der Waals surface area (Å²) in [5.74, 6) is 1.80. The molecular weight excluding hydrogens is 434 g/mol. The Bertz CT molecular complexity index is 1540. The maximum atomic E-state index is 5.13. The largest absolute Gasteiger partial charge is 0.364 e. The second-order valence-electron chi connectivity index (χ2n) is 9.61. The monoisotopic (exact) mass is 461 g/mol. The SMILES string of the molecule is C[C@H](Nc1cc(-c2cc3nccn3c(N3CC4CC3CN4)n2)ccn1)c1cccc2ccccc12. The van der Waals surface area contributed by atoms with Crippen LogP contribution in [0.15, 0.2) is 79.3 Å². The van der Waals surface area contributed by atoms with Gasteiger partial charge in [0.05, 0.1) is 11.7 Å². The summed E-state index contributed by atoms with van der Waals surface area (Å²) in [5, 5.41) is 9.70. The molecule has 0 aliphatic carbocycles. The molecular formula is C28H27N7. The summed E-state index contributed by atoms with van der Waals surface area (Å²) in [7, 11) is 0. The average Bonchev–Trinajstić information content (AvgIpc) is 3.65. The van der Waals surface area contributed by atoms with Crippen molar-refractivity contribution in [3.05, 3.63) is 84.8 Å². The predicted octanol–water partition coefficient (Wildman–Crippen LogP) is 4.67. The van der Waals surface area contributed by atoms with E-state index in [9.17, 15) is 0 Å². The average molecular weight is 462 g/mol. The van der Waals surface area contributed by atoms with Gasteiger partial charge in [0.2, 0.25) is 5.95 Å². The molecule has 0 spiro atoms. The zero-order chi connectivity index (χ0) is 23.4. The van der Waals surface area contributed by atoms with Gasteiger partial charge in [0.25, 0.3) is 0 Å². The van der Waals surface area contributed by atoms with Crippen molar-refractivity contribution in [3.8, 4) is 11.3 Å². The van der Waals surface area contributed by atoms with Crippen LogP contribution in [-0.4, -0.2) is 44.5 Å². The Morgan fingerprint density at radius 2 is 1.94 bits per heavy atom. The quantitative estimate of drug-likeness (QED) is 0.396. The minimum atomic E-state index is 0.106. The minimum absolute atomic E-state index is 0.106. The first kappa shape index (κ1) is 20.4. The molecule has 2 aromatic carbocycles. The van der Waals surface area contributed by atoms with Gasteiger partial charge in [0.15, 0.2) is 0 Å². The van der Waals surface area contributed by atoms with Crippen molar-refractivity contribution in [2.45, 2.75) is 31.5 Å². The molecule has 2 saturated heterocycles. The highest BCUT2D eigenvalue weighted by Crippen LogP contribution is 2.32. The van der Waals surface area contributed by atoms with Crippen LogP contribution >= 0.6 is 0 Å². The molecule has 2 N–H and O–H groups in total. The normalized spacial score (nSPS) is 20.1. The van der Waals surface area contributed by atoms with Crippen molar-refractivity contribution >= 4 is 28.2 Å². The van der Waals surface area contributed by atoms with Gasteiger partial charge in [0, 0.05) is 55.4 Å². The fraction of sp³-hybridized carbons (Fsp3) is 0.250. The molecule has 3 atom stereocenters. The maximum absolute atomic E-state index is 5.13. The Labute approximate surface area is 203 Å². The zero-order valence-corrected chi connectivity index (χ0v) is 19.6. The lowest BCUT2D eigenvalue weighted by atomic mass is 9.99. The molecule has 0 radical (unpaired) electrons. The van der Waals surface area contributed by atoms with Gasteiger partial charge in [0.1, 0.15) is 11.5 Å². The molecule has 0 saturated carbocycles. The Hall–Kier alpha value is -3.97. The molecule has 5 aromatic rings. The van der Waals surface area contributed by atoms with E-state index in [1.54, 1.807) is 0 Å². The van der Waals surface area contributed by atoms with Crippen LogP contribution in [0.1, 0.15) is 24.9 Å². The third kappa shape index (κ3) is 3.51. The van der Waals surface area contributed by atoms with Crippen LogP contribution in [0.25, 0.3) is 27.7 Å². The highest BCUT2D eigenvalue weighted by atomic mass is 15.4. The number of benzene rings is 2. The van der Waals surface area contributed by atoms with E-state index in [4.69, 9.17) is 4.98 Å². The molecule has 3 aromatic heterocycles. The molecule has 7 rings (SSSR count). The standard InChI is InChI=1S/C28H27N7/c1-18(23-8-4-6-19-5-2-3-7-24(19)23)32-26-13-20(9-10-29-26)25-15-27-30-11-12-34(27)28(33-25)35-17-21-14-22(35)16-31-21/h2-13,15,18,21-22,31H,14,16-17H2,1H3,(H,29,32)/t18-,21?,22?/m0/s1. The van der Waals surface area contributed by atoms with Crippen LogP contribution < -0.4 is 15.5 Å². The number of imidazole rings is 1. The first-order chi connectivity index (χ1) is 17.2. The van der Waals surface area contributed by atoms with Crippen LogP contribution in [0, 0.1) is 0 Å². The second-order valence-corrected chi connectivity index (χ2v) is 9.61. The molecule has 5 heterocycles. The number of rotatable bonds is 5. The lowest BCUT2D eigenvalue weighted by Crippen LogP contribution is -2.44. The summed E-state index contributed by atoms with van der Waals surface area (Å²) < 4.78 is 2.10. The van der Waals surface area contributed by atoms with Crippen LogP contribution in [0.3, 0.4) is 0 Å². The number of anilines is 2. The second kappa shape index (κ2) is 8.06. The Balaban J connectivity index is 1.23. The highest BCUT2D eigenvalue weighted by Gasteiger charge is 2.39. The fourth-order valence-corrected chi connectivity index (χ4v) is 5.66. The molecule has 2 unspecified atom stereocenters. The molecule has 0 amide bonds. The Morgan fingerprint density at radius 1 is 1.03 bits per heavy atom. The number of nitrogens with one attached hydrogen (secondary N) is 2. The summed E-state index contributed by atoms with van der Waals surface area (Å²) in [6.07, 6.45) is 6.89. The first-order valence-electron chi connectivity index (χ1n) is 12.3. The highest BCUT2D eigenvalue weighted by molar-refractivity contribution is 5.86. The fourth-order valence-electron chi connectivity index (χ4n) is 5.66. The maximum Gasteiger partial charge on any atom is 0.212 e. The molecule has 174 valence electrons. The molecule has 2 aliphatic heterocycles. The van der Waals surface area contributed by atoms with Crippen molar-refractivity contribution in [1.82, 2.24) is 24.7 Å². The topological polar surface area (TPSA) is 70.4 Å². The van der Waals surface area contributed by atoms with Gasteiger partial charge in [-0.25, -0.2) is 15.0 Å². The van der Waals surface area contributed by atoms with Gasteiger partial charge < -0.3 is 15.5 Å². The summed E-state index contributed by atoms with van der Waals surface area (Å²) in [4.78, 5) is 16.8. The third-order valence-corrected chi connectivity index (χ3v) is 7.39. The number of hydrogen-bond acceptors (Lipinski definition) is 6. The van der Waals surface area contributed by atoms with Gasteiger partial charge in [-0.05, 0) is 41.8 Å². The lowest BCUT2D eigenvalue weighted by Gasteiger charge is -2.29. The molecule has 2 fully saturated rings. The molecule has 2 aliphatic rings. The van der Waals surface area contributed by atoms with Gasteiger partial charge in [-0.3, -0.25) is 4.40 Å². The van der Waals surface area contributed by atoms with Crippen molar-refractivity contribution < 1.29 is 0 Å². The van der Waals surface area contributed by atoms with Gasteiger partial charge in [-0.2, -0.15) is 0 Å². The van der Waals surface area contributed by atoms with Gasteiger partial charge in [-0.15, -0.1) is 0 Å². The van der Waals surface area contributed by atoms with E-state index in [2.05, 4.69) is 91.4 Å². The molecule has 2 bridgehead atoms. The van der Waals surface area contributed by atoms with Crippen LogP contribution in [0.5, 0.6) is 0 Å². The number of hydrogen-bond donors (Lipinski definition) is 2. The number of nitrogens with zero attached hydrogens (tertiary/aromatic N) is 5. The number of pyridine rings is 1. The molecule has 7 heteroatoms. The lowest BCUT2D eigenvalue weighted by molar-refractivity contribution is 0.570. The number of fused-ring (bicyclic) bond motifs is 4. The molecule has 7 nitrogen and oxygen atoms in total. The smallest absolute Gasteiger partial charge is 0.212 e. The van der Waals surface area contributed by atoms with Gasteiger partial charge in [-0.1, -0.05) is 42.5 Å². The zero-order valence-electron chi connectivity index (χ0n) is 19.6.